The van der Waals surface area contributed by atoms with Crippen molar-refractivity contribution < 1.29 is 4.79 Å². The lowest BCUT2D eigenvalue weighted by Gasteiger charge is -2.35. The molecule has 1 aliphatic heterocycles. The van der Waals surface area contributed by atoms with Crippen LogP contribution in [0.1, 0.15) is 39.5 Å². The molecule has 1 rings (SSSR count). The van der Waals surface area contributed by atoms with E-state index in [1.54, 1.807) is 6.92 Å². The molecule has 1 heterocycles. The van der Waals surface area contributed by atoms with E-state index in [1.807, 2.05) is 4.90 Å². The summed E-state index contributed by atoms with van der Waals surface area (Å²) in [5, 5.41) is 0. The lowest BCUT2D eigenvalue weighted by atomic mass is 9.90. The van der Waals surface area contributed by atoms with Gasteiger partial charge in [-0.15, -0.1) is 0 Å². The van der Waals surface area contributed by atoms with Crippen molar-refractivity contribution in [2.75, 3.05) is 13.1 Å². The standard InChI is InChI=1S/C11H22N2O/c1-3-4-5-10-6-11(12)8-13(7-10)9(2)14/h10-11H,3-8,12H2,1-2H3. The molecule has 0 aromatic heterocycles. The van der Waals surface area contributed by atoms with Crippen molar-refractivity contribution in [3.05, 3.63) is 0 Å². The molecule has 0 saturated carbocycles. The van der Waals surface area contributed by atoms with Crippen molar-refractivity contribution >= 4 is 5.91 Å². The lowest BCUT2D eigenvalue weighted by molar-refractivity contribution is -0.131. The second kappa shape index (κ2) is 5.35. The Kier molecular flexibility index (Phi) is 4.39. The average Bonchev–Trinajstić information content (AvgIpc) is 2.14. The molecule has 3 heteroatoms. The number of piperidine rings is 1. The van der Waals surface area contributed by atoms with Gasteiger partial charge in [0, 0.05) is 26.1 Å². The Morgan fingerprint density at radius 3 is 2.79 bits per heavy atom. The predicted molar refractivity (Wildman–Crippen MR) is 57.9 cm³/mol. The van der Waals surface area contributed by atoms with Gasteiger partial charge in [0.05, 0.1) is 0 Å². The topological polar surface area (TPSA) is 46.3 Å². The summed E-state index contributed by atoms with van der Waals surface area (Å²) < 4.78 is 0. The Hall–Kier alpha value is -0.570. The van der Waals surface area contributed by atoms with Crippen LogP contribution >= 0.6 is 0 Å². The molecule has 14 heavy (non-hydrogen) atoms. The van der Waals surface area contributed by atoms with Crippen molar-refractivity contribution in [1.29, 1.82) is 0 Å². The van der Waals surface area contributed by atoms with Crippen LogP contribution in [-0.2, 0) is 4.79 Å². The summed E-state index contributed by atoms with van der Waals surface area (Å²) in [6.45, 7) is 5.50. The number of carbonyl (C=O) groups excluding carboxylic acids is 1. The molecule has 2 unspecified atom stereocenters. The van der Waals surface area contributed by atoms with E-state index in [4.69, 9.17) is 5.73 Å². The fourth-order valence-electron chi connectivity index (χ4n) is 2.21. The van der Waals surface area contributed by atoms with Gasteiger partial charge in [-0.1, -0.05) is 19.8 Å². The third kappa shape index (κ3) is 3.29. The number of unbranched alkanes of at least 4 members (excludes halogenated alkanes) is 1. The Labute approximate surface area is 86.6 Å². The summed E-state index contributed by atoms with van der Waals surface area (Å²) in [4.78, 5) is 13.1. The smallest absolute Gasteiger partial charge is 0.219 e. The molecule has 0 radical (unpaired) electrons. The van der Waals surface area contributed by atoms with Crippen LogP contribution in [-0.4, -0.2) is 29.9 Å². The average molecular weight is 198 g/mol. The number of hydrogen-bond donors (Lipinski definition) is 1. The SMILES string of the molecule is CCCCC1CC(N)CN(C(C)=O)C1. The van der Waals surface area contributed by atoms with E-state index in [2.05, 4.69) is 6.92 Å². The van der Waals surface area contributed by atoms with Crippen LogP contribution in [0, 0.1) is 5.92 Å². The second-order valence-corrected chi connectivity index (χ2v) is 4.43. The van der Waals surface area contributed by atoms with Crippen molar-refractivity contribution in [2.24, 2.45) is 11.7 Å². The number of nitrogens with two attached hydrogens (primary N) is 1. The molecule has 0 bridgehead atoms. The van der Waals surface area contributed by atoms with Gasteiger partial charge in [-0.05, 0) is 18.8 Å². The number of hydrogen-bond acceptors (Lipinski definition) is 2. The minimum absolute atomic E-state index is 0.168. The van der Waals surface area contributed by atoms with Crippen LogP contribution in [0.15, 0.2) is 0 Å². The monoisotopic (exact) mass is 198 g/mol. The first kappa shape index (κ1) is 11.5. The Morgan fingerprint density at radius 1 is 1.50 bits per heavy atom. The van der Waals surface area contributed by atoms with Crippen molar-refractivity contribution in [1.82, 2.24) is 4.90 Å². The summed E-state index contributed by atoms with van der Waals surface area (Å²) >= 11 is 0. The van der Waals surface area contributed by atoms with E-state index in [9.17, 15) is 4.79 Å². The zero-order chi connectivity index (χ0) is 10.6. The molecule has 0 aromatic rings. The second-order valence-electron chi connectivity index (χ2n) is 4.43. The molecule has 0 spiro atoms. The molecule has 0 aliphatic carbocycles. The Morgan fingerprint density at radius 2 is 2.21 bits per heavy atom. The third-order valence-electron chi connectivity index (χ3n) is 2.98. The lowest BCUT2D eigenvalue weighted by Crippen LogP contribution is -2.48. The van der Waals surface area contributed by atoms with Crippen molar-refractivity contribution in [3.63, 3.8) is 0 Å². The maximum atomic E-state index is 11.2. The van der Waals surface area contributed by atoms with Gasteiger partial charge in [-0.3, -0.25) is 4.79 Å². The summed E-state index contributed by atoms with van der Waals surface area (Å²) in [6.07, 6.45) is 4.78. The van der Waals surface area contributed by atoms with E-state index in [-0.39, 0.29) is 11.9 Å². The molecule has 2 N–H and O–H groups in total. The first-order valence-corrected chi connectivity index (χ1v) is 5.64. The summed E-state index contributed by atoms with van der Waals surface area (Å²) in [5.74, 6) is 0.796. The van der Waals surface area contributed by atoms with Gasteiger partial charge in [-0.2, -0.15) is 0 Å². The Balaban J connectivity index is 2.41. The van der Waals surface area contributed by atoms with E-state index in [0.29, 0.717) is 5.92 Å². The van der Waals surface area contributed by atoms with Crippen LogP contribution in [0.4, 0.5) is 0 Å². The van der Waals surface area contributed by atoms with E-state index in [0.717, 1.165) is 19.5 Å². The highest BCUT2D eigenvalue weighted by Crippen LogP contribution is 2.21. The number of nitrogens with zero attached hydrogens (tertiary/aromatic N) is 1. The molecule has 3 nitrogen and oxygen atoms in total. The predicted octanol–water partition coefficient (Wildman–Crippen LogP) is 1.37. The van der Waals surface area contributed by atoms with Gasteiger partial charge in [0.25, 0.3) is 0 Å². The van der Waals surface area contributed by atoms with E-state index < -0.39 is 0 Å². The number of amides is 1. The molecule has 82 valence electrons. The quantitative estimate of drug-likeness (QED) is 0.744. The molecule has 1 amide bonds. The molecular weight excluding hydrogens is 176 g/mol. The van der Waals surface area contributed by atoms with Gasteiger partial charge in [0.2, 0.25) is 5.91 Å². The van der Waals surface area contributed by atoms with Crippen LogP contribution in [0.3, 0.4) is 0 Å². The molecular formula is C11H22N2O. The number of carbonyl (C=O) groups is 1. The normalized spacial score (nSPS) is 27.8. The zero-order valence-electron chi connectivity index (χ0n) is 9.33. The molecule has 1 aliphatic rings. The first-order chi connectivity index (χ1) is 6.63. The highest BCUT2D eigenvalue weighted by atomic mass is 16.2. The molecule has 0 aromatic carbocycles. The van der Waals surface area contributed by atoms with Crippen molar-refractivity contribution in [2.45, 2.75) is 45.6 Å². The summed E-state index contributed by atoms with van der Waals surface area (Å²) in [7, 11) is 0. The fraction of sp³-hybridized carbons (Fsp3) is 0.909. The molecule has 1 fully saturated rings. The highest BCUT2D eigenvalue weighted by Gasteiger charge is 2.25. The van der Waals surface area contributed by atoms with Gasteiger partial charge in [0.15, 0.2) is 0 Å². The van der Waals surface area contributed by atoms with E-state index >= 15 is 0 Å². The van der Waals surface area contributed by atoms with Gasteiger partial charge in [-0.25, -0.2) is 0 Å². The first-order valence-electron chi connectivity index (χ1n) is 5.64. The largest absolute Gasteiger partial charge is 0.341 e. The minimum Gasteiger partial charge on any atom is -0.341 e. The highest BCUT2D eigenvalue weighted by molar-refractivity contribution is 5.73. The van der Waals surface area contributed by atoms with Crippen LogP contribution in [0.25, 0.3) is 0 Å². The zero-order valence-corrected chi connectivity index (χ0v) is 9.33. The summed E-state index contributed by atoms with van der Waals surface area (Å²) in [6, 6.07) is 0.189. The van der Waals surface area contributed by atoms with E-state index in [1.165, 1.54) is 19.3 Å². The number of rotatable bonds is 3. The summed E-state index contributed by atoms with van der Waals surface area (Å²) in [5.41, 5.74) is 5.93. The minimum atomic E-state index is 0.168. The van der Waals surface area contributed by atoms with Crippen LogP contribution in [0.2, 0.25) is 0 Å². The van der Waals surface area contributed by atoms with Gasteiger partial charge >= 0.3 is 0 Å². The Bertz CT molecular complexity index is 194. The van der Waals surface area contributed by atoms with Gasteiger partial charge in [0.1, 0.15) is 0 Å². The van der Waals surface area contributed by atoms with Crippen molar-refractivity contribution in [3.8, 4) is 0 Å². The van der Waals surface area contributed by atoms with Crippen LogP contribution in [0.5, 0.6) is 0 Å². The maximum Gasteiger partial charge on any atom is 0.219 e. The fourth-order valence-corrected chi connectivity index (χ4v) is 2.21. The molecule has 2 atom stereocenters. The van der Waals surface area contributed by atoms with Gasteiger partial charge < -0.3 is 10.6 Å². The number of likely N-dealkylation sites (tertiary alicyclic amines) is 1. The molecule has 1 saturated heterocycles. The maximum absolute atomic E-state index is 11.2. The third-order valence-corrected chi connectivity index (χ3v) is 2.98. The van der Waals surface area contributed by atoms with Crippen LogP contribution < -0.4 is 5.73 Å².